The van der Waals surface area contributed by atoms with Gasteiger partial charge in [0.1, 0.15) is 0 Å². The summed E-state index contributed by atoms with van der Waals surface area (Å²) in [6.45, 7) is 2.08. The molecule has 0 atom stereocenters. The highest BCUT2D eigenvalue weighted by molar-refractivity contribution is 14.1. The second-order valence-electron chi connectivity index (χ2n) is 4.32. The second-order valence-corrected chi connectivity index (χ2v) is 5.08. The number of nitrogens with zero attached hydrogens (tertiary/aromatic N) is 1. The number of carbonyl (C=O) groups excluding carboxylic acids is 1. The van der Waals surface area contributed by atoms with Crippen LogP contribution >= 0.6 is 22.6 Å². The maximum absolute atomic E-state index is 11.6. The first-order chi connectivity index (χ1) is 6.29. The van der Waals surface area contributed by atoms with E-state index in [9.17, 15) is 4.79 Å². The SMILES string of the molecule is O=C(CI)N1CC2CCC(CC2)C1. The minimum absolute atomic E-state index is 0.347. The average Bonchev–Trinajstić information content (AvgIpc) is 2.49. The molecule has 1 aliphatic carbocycles. The van der Waals surface area contributed by atoms with Crippen molar-refractivity contribution < 1.29 is 4.79 Å². The fourth-order valence-electron chi connectivity index (χ4n) is 2.58. The molecule has 2 bridgehead atoms. The number of fused-ring (bicyclic) bond motifs is 4. The molecule has 3 rings (SSSR count). The number of rotatable bonds is 1. The van der Waals surface area contributed by atoms with Crippen molar-refractivity contribution in [3.05, 3.63) is 0 Å². The van der Waals surface area contributed by atoms with Crippen molar-refractivity contribution in [1.29, 1.82) is 0 Å². The van der Waals surface area contributed by atoms with Gasteiger partial charge in [-0.3, -0.25) is 4.79 Å². The molecule has 0 unspecified atom stereocenters. The molecule has 0 N–H and O–H groups in total. The van der Waals surface area contributed by atoms with Crippen LogP contribution in [0.3, 0.4) is 0 Å². The van der Waals surface area contributed by atoms with Crippen molar-refractivity contribution in [3.8, 4) is 0 Å². The Labute approximate surface area is 93.2 Å². The maximum Gasteiger partial charge on any atom is 0.232 e. The van der Waals surface area contributed by atoms with E-state index in [0.29, 0.717) is 10.3 Å². The Morgan fingerprint density at radius 1 is 1.15 bits per heavy atom. The van der Waals surface area contributed by atoms with E-state index >= 15 is 0 Å². The van der Waals surface area contributed by atoms with Crippen LogP contribution in [-0.4, -0.2) is 28.3 Å². The third kappa shape index (κ3) is 2.17. The van der Waals surface area contributed by atoms with Crippen LogP contribution in [0.25, 0.3) is 0 Å². The minimum Gasteiger partial charge on any atom is -0.341 e. The maximum atomic E-state index is 11.6. The Morgan fingerprint density at radius 2 is 1.62 bits per heavy atom. The van der Waals surface area contributed by atoms with Gasteiger partial charge in [-0.25, -0.2) is 0 Å². The highest BCUT2D eigenvalue weighted by Gasteiger charge is 2.30. The Bertz CT molecular complexity index is 185. The number of hydrogen-bond donors (Lipinski definition) is 0. The van der Waals surface area contributed by atoms with Gasteiger partial charge in [0.15, 0.2) is 0 Å². The van der Waals surface area contributed by atoms with E-state index in [0.717, 1.165) is 24.9 Å². The minimum atomic E-state index is 0.347. The monoisotopic (exact) mass is 293 g/mol. The van der Waals surface area contributed by atoms with E-state index in [1.54, 1.807) is 0 Å². The van der Waals surface area contributed by atoms with E-state index in [2.05, 4.69) is 27.5 Å². The molecule has 1 amide bonds. The molecule has 13 heavy (non-hydrogen) atoms. The quantitative estimate of drug-likeness (QED) is 0.535. The van der Waals surface area contributed by atoms with Crippen LogP contribution in [0.1, 0.15) is 25.7 Å². The molecule has 2 aliphatic heterocycles. The van der Waals surface area contributed by atoms with Crippen LogP contribution < -0.4 is 0 Å². The summed E-state index contributed by atoms with van der Waals surface area (Å²) in [6.07, 6.45) is 5.43. The van der Waals surface area contributed by atoms with E-state index in [4.69, 9.17) is 0 Å². The molecule has 3 fully saturated rings. The zero-order valence-electron chi connectivity index (χ0n) is 7.84. The molecule has 3 aliphatic rings. The van der Waals surface area contributed by atoms with E-state index in [1.807, 2.05) is 0 Å². The summed E-state index contributed by atoms with van der Waals surface area (Å²) in [7, 11) is 0. The molecule has 2 heterocycles. The Morgan fingerprint density at radius 3 is 2.00 bits per heavy atom. The Kier molecular flexibility index (Phi) is 3.11. The Balaban J connectivity index is 2.03. The molecule has 74 valence electrons. The number of amides is 1. The van der Waals surface area contributed by atoms with Crippen LogP contribution in [-0.2, 0) is 4.79 Å². The first-order valence-electron chi connectivity index (χ1n) is 5.13. The highest BCUT2D eigenvalue weighted by atomic mass is 127. The van der Waals surface area contributed by atoms with E-state index in [-0.39, 0.29) is 0 Å². The van der Waals surface area contributed by atoms with Gasteiger partial charge < -0.3 is 4.90 Å². The molecule has 1 saturated carbocycles. The molecule has 0 aromatic heterocycles. The van der Waals surface area contributed by atoms with Crippen LogP contribution in [0.5, 0.6) is 0 Å². The van der Waals surface area contributed by atoms with Crippen molar-refractivity contribution in [2.24, 2.45) is 11.8 Å². The zero-order valence-corrected chi connectivity index (χ0v) is 10.00. The van der Waals surface area contributed by atoms with Crippen LogP contribution in [0, 0.1) is 11.8 Å². The van der Waals surface area contributed by atoms with Crippen molar-refractivity contribution in [3.63, 3.8) is 0 Å². The fourth-order valence-corrected chi connectivity index (χ4v) is 3.07. The lowest BCUT2D eigenvalue weighted by atomic mass is 9.84. The molecule has 0 radical (unpaired) electrons. The lowest BCUT2D eigenvalue weighted by molar-refractivity contribution is -0.128. The summed E-state index contributed by atoms with van der Waals surface area (Å²) in [5.41, 5.74) is 0. The second kappa shape index (κ2) is 4.15. The van der Waals surface area contributed by atoms with Gasteiger partial charge in [0.05, 0.1) is 4.43 Å². The fraction of sp³-hybridized carbons (Fsp3) is 0.900. The van der Waals surface area contributed by atoms with Crippen molar-refractivity contribution in [2.75, 3.05) is 17.5 Å². The first kappa shape index (κ1) is 9.74. The number of hydrogen-bond acceptors (Lipinski definition) is 1. The molecule has 2 saturated heterocycles. The van der Waals surface area contributed by atoms with Gasteiger partial charge in [0.2, 0.25) is 5.91 Å². The third-order valence-electron chi connectivity index (χ3n) is 3.39. The van der Waals surface area contributed by atoms with Crippen molar-refractivity contribution in [1.82, 2.24) is 4.90 Å². The lowest BCUT2D eigenvalue weighted by Crippen LogP contribution is -2.35. The summed E-state index contributed by atoms with van der Waals surface area (Å²) in [6, 6.07) is 0. The summed E-state index contributed by atoms with van der Waals surface area (Å²) in [4.78, 5) is 13.7. The van der Waals surface area contributed by atoms with Gasteiger partial charge in [-0.05, 0) is 37.5 Å². The van der Waals surface area contributed by atoms with Crippen molar-refractivity contribution >= 4 is 28.5 Å². The zero-order chi connectivity index (χ0) is 9.26. The third-order valence-corrected chi connectivity index (χ3v) is 4.04. The van der Waals surface area contributed by atoms with Gasteiger partial charge in [0.25, 0.3) is 0 Å². The van der Waals surface area contributed by atoms with Gasteiger partial charge in [-0.15, -0.1) is 0 Å². The topological polar surface area (TPSA) is 20.3 Å². The van der Waals surface area contributed by atoms with E-state index < -0.39 is 0 Å². The first-order valence-corrected chi connectivity index (χ1v) is 6.66. The van der Waals surface area contributed by atoms with Gasteiger partial charge in [-0.1, -0.05) is 22.6 Å². The van der Waals surface area contributed by atoms with Gasteiger partial charge in [-0.2, -0.15) is 0 Å². The molecule has 0 spiro atoms. The lowest BCUT2D eigenvalue weighted by Gasteiger charge is -2.21. The molecule has 2 nitrogen and oxygen atoms in total. The molecule has 0 aromatic rings. The largest absolute Gasteiger partial charge is 0.341 e. The van der Waals surface area contributed by atoms with Crippen molar-refractivity contribution in [2.45, 2.75) is 25.7 Å². The van der Waals surface area contributed by atoms with Gasteiger partial charge >= 0.3 is 0 Å². The van der Waals surface area contributed by atoms with Gasteiger partial charge in [0, 0.05) is 13.1 Å². The summed E-state index contributed by atoms with van der Waals surface area (Å²) in [5, 5.41) is 0. The summed E-state index contributed by atoms with van der Waals surface area (Å²) in [5.74, 6) is 1.97. The Hall–Kier alpha value is 0.200. The van der Waals surface area contributed by atoms with E-state index in [1.165, 1.54) is 25.7 Å². The summed E-state index contributed by atoms with van der Waals surface area (Å²) >= 11 is 2.17. The predicted molar refractivity (Wildman–Crippen MR) is 60.9 cm³/mol. The molecule has 3 heteroatoms. The molecule has 0 aromatic carbocycles. The molecular weight excluding hydrogens is 277 g/mol. The van der Waals surface area contributed by atoms with Crippen LogP contribution in [0.15, 0.2) is 0 Å². The number of halogens is 1. The number of alkyl halides is 1. The smallest absolute Gasteiger partial charge is 0.232 e. The highest BCUT2D eigenvalue weighted by Crippen LogP contribution is 2.33. The van der Waals surface area contributed by atoms with Crippen LogP contribution in [0.2, 0.25) is 0 Å². The van der Waals surface area contributed by atoms with Crippen LogP contribution in [0.4, 0.5) is 0 Å². The average molecular weight is 293 g/mol. The number of carbonyl (C=O) groups is 1. The summed E-state index contributed by atoms with van der Waals surface area (Å²) < 4.78 is 0.650. The normalized spacial score (nSPS) is 33.2. The molecular formula is C10H16INO. The standard InChI is InChI=1S/C10H16INO/c11-5-10(13)12-6-8-1-2-9(7-12)4-3-8/h8-9H,1-7H2. The predicted octanol–water partition coefficient (Wildman–Crippen LogP) is 2.07.